The maximum absolute atomic E-state index is 14.5. The SMILES string of the molecule is CC(O)C(=O)N1CCN(C(=O)c2cc(Oc3n[nH]c(=O)c4ccccc34)ccc2F)CC1. The molecule has 2 N–H and O–H groups in total. The van der Waals surface area contributed by atoms with Crippen molar-refractivity contribution in [2.75, 3.05) is 26.2 Å². The lowest BCUT2D eigenvalue weighted by molar-refractivity contribution is -0.140. The molecule has 1 saturated heterocycles. The van der Waals surface area contributed by atoms with Crippen LogP contribution < -0.4 is 10.3 Å². The Kier molecular flexibility index (Phi) is 5.87. The number of carbonyl (C=O) groups excluding carboxylic acids is 2. The van der Waals surface area contributed by atoms with Gasteiger partial charge in [-0.1, -0.05) is 12.1 Å². The van der Waals surface area contributed by atoms with Crippen LogP contribution in [0.4, 0.5) is 4.39 Å². The van der Waals surface area contributed by atoms with Crippen molar-refractivity contribution in [3.63, 3.8) is 0 Å². The van der Waals surface area contributed by atoms with Crippen molar-refractivity contribution >= 4 is 22.6 Å². The number of rotatable bonds is 4. The predicted octanol–water partition coefficient (Wildman–Crippen LogP) is 1.52. The Morgan fingerprint density at radius 3 is 2.44 bits per heavy atom. The second-order valence-corrected chi connectivity index (χ2v) is 7.44. The van der Waals surface area contributed by atoms with Crippen LogP contribution in [0.2, 0.25) is 0 Å². The molecular weight excluding hydrogens is 419 g/mol. The molecule has 0 radical (unpaired) electrons. The number of piperazine rings is 1. The number of aromatic amines is 1. The molecule has 2 amide bonds. The van der Waals surface area contributed by atoms with Gasteiger partial charge in [-0.05, 0) is 37.3 Å². The summed E-state index contributed by atoms with van der Waals surface area (Å²) in [7, 11) is 0. The number of fused-ring (bicyclic) bond motifs is 1. The molecule has 32 heavy (non-hydrogen) atoms. The smallest absolute Gasteiger partial charge is 0.272 e. The molecule has 0 saturated carbocycles. The standard InChI is InChI=1S/C22H21FN4O5/c1-13(28)21(30)26-8-10-27(11-9-26)22(31)17-12-14(6-7-18(17)23)32-20-16-5-3-2-4-15(16)19(29)24-25-20/h2-7,12-13,28H,8-11H2,1H3,(H,24,29). The van der Waals surface area contributed by atoms with Crippen LogP contribution >= 0.6 is 0 Å². The number of carbonyl (C=O) groups is 2. The average Bonchev–Trinajstić information content (AvgIpc) is 2.81. The summed E-state index contributed by atoms with van der Waals surface area (Å²) in [5.74, 6) is -1.34. The maximum Gasteiger partial charge on any atom is 0.272 e. The fourth-order valence-corrected chi connectivity index (χ4v) is 3.58. The van der Waals surface area contributed by atoms with Crippen molar-refractivity contribution in [3.8, 4) is 11.6 Å². The molecule has 166 valence electrons. The van der Waals surface area contributed by atoms with E-state index in [0.29, 0.717) is 10.8 Å². The Labute approximate surface area is 182 Å². The molecule has 1 aliphatic heterocycles. The van der Waals surface area contributed by atoms with E-state index in [2.05, 4.69) is 10.2 Å². The van der Waals surface area contributed by atoms with Crippen LogP contribution in [0.1, 0.15) is 17.3 Å². The van der Waals surface area contributed by atoms with Gasteiger partial charge in [-0.15, -0.1) is 5.10 Å². The summed E-state index contributed by atoms with van der Waals surface area (Å²) in [6.45, 7) is 2.32. The zero-order valence-electron chi connectivity index (χ0n) is 17.2. The number of halogens is 1. The van der Waals surface area contributed by atoms with Crippen LogP contribution in [0.15, 0.2) is 47.3 Å². The molecule has 1 fully saturated rings. The highest BCUT2D eigenvalue weighted by atomic mass is 19.1. The molecular formula is C22H21FN4O5. The van der Waals surface area contributed by atoms with Gasteiger partial charge in [-0.3, -0.25) is 14.4 Å². The maximum atomic E-state index is 14.5. The minimum absolute atomic E-state index is 0.121. The van der Waals surface area contributed by atoms with E-state index in [1.807, 2.05) is 0 Å². The number of ether oxygens (including phenoxy) is 1. The van der Waals surface area contributed by atoms with E-state index < -0.39 is 23.7 Å². The van der Waals surface area contributed by atoms with Gasteiger partial charge in [0.15, 0.2) is 0 Å². The van der Waals surface area contributed by atoms with Crippen LogP contribution in [0.25, 0.3) is 10.8 Å². The van der Waals surface area contributed by atoms with Gasteiger partial charge in [0, 0.05) is 26.2 Å². The molecule has 1 aliphatic rings. The molecule has 2 aromatic carbocycles. The number of H-pyrrole nitrogens is 1. The van der Waals surface area contributed by atoms with Gasteiger partial charge in [0.2, 0.25) is 5.88 Å². The van der Waals surface area contributed by atoms with E-state index in [4.69, 9.17) is 4.74 Å². The molecule has 1 aromatic heterocycles. The Bertz CT molecular complexity index is 1230. The molecule has 4 rings (SSSR count). The molecule has 1 atom stereocenters. The lowest BCUT2D eigenvalue weighted by Gasteiger charge is -2.35. The van der Waals surface area contributed by atoms with E-state index in [0.717, 1.165) is 6.07 Å². The van der Waals surface area contributed by atoms with Crippen LogP contribution in [0.5, 0.6) is 11.6 Å². The number of nitrogens with one attached hydrogen (secondary N) is 1. The normalized spacial score (nSPS) is 15.0. The van der Waals surface area contributed by atoms with Crippen molar-refractivity contribution in [2.24, 2.45) is 0 Å². The Balaban J connectivity index is 1.54. The van der Waals surface area contributed by atoms with Crippen molar-refractivity contribution in [3.05, 3.63) is 64.2 Å². The molecule has 0 spiro atoms. The van der Waals surface area contributed by atoms with Gasteiger partial charge in [0.1, 0.15) is 17.7 Å². The second kappa shape index (κ2) is 8.75. The first-order valence-corrected chi connectivity index (χ1v) is 10.1. The summed E-state index contributed by atoms with van der Waals surface area (Å²) in [5, 5.41) is 16.6. The molecule has 10 heteroatoms. The quantitative estimate of drug-likeness (QED) is 0.636. The van der Waals surface area contributed by atoms with E-state index in [1.165, 1.54) is 28.9 Å². The lowest BCUT2D eigenvalue weighted by Crippen LogP contribution is -2.52. The van der Waals surface area contributed by atoms with Crippen LogP contribution in [-0.2, 0) is 4.79 Å². The zero-order chi connectivity index (χ0) is 22.8. The van der Waals surface area contributed by atoms with Gasteiger partial charge in [0.25, 0.3) is 17.4 Å². The van der Waals surface area contributed by atoms with Crippen LogP contribution in [0, 0.1) is 5.82 Å². The summed E-state index contributed by atoms with van der Waals surface area (Å²) in [6, 6.07) is 10.5. The van der Waals surface area contributed by atoms with Gasteiger partial charge in [0.05, 0.1) is 16.3 Å². The molecule has 9 nitrogen and oxygen atoms in total. The predicted molar refractivity (Wildman–Crippen MR) is 113 cm³/mol. The first kappa shape index (κ1) is 21.4. The number of nitrogens with zero attached hydrogens (tertiary/aromatic N) is 3. The fraction of sp³-hybridized carbons (Fsp3) is 0.273. The van der Waals surface area contributed by atoms with Gasteiger partial charge >= 0.3 is 0 Å². The lowest BCUT2D eigenvalue weighted by atomic mass is 10.1. The Hall–Kier alpha value is -3.79. The first-order valence-electron chi connectivity index (χ1n) is 10.1. The summed E-state index contributed by atoms with van der Waals surface area (Å²) in [6.07, 6.45) is -1.11. The molecule has 0 aliphatic carbocycles. The number of aliphatic hydroxyl groups is 1. The molecule has 3 aromatic rings. The summed E-state index contributed by atoms with van der Waals surface area (Å²) in [5.41, 5.74) is -0.539. The van der Waals surface area contributed by atoms with Crippen molar-refractivity contribution in [1.82, 2.24) is 20.0 Å². The van der Waals surface area contributed by atoms with E-state index in [1.54, 1.807) is 24.3 Å². The summed E-state index contributed by atoms with van der Waals surface area (Å²) in [4.78, 5) is 39.7. The number of amides is 2. The molecule has 2 heterocycles. The summed E-state index contributed by atoms with van der Waals surface area (Å²) < 4.78 is 20.2. The average molecular weight is 440 g/mol. The molecule has 1 unspecified atom stereocenters. The van der Waals surface area contributed by atoms with E-state index in [9.17, 15) is 23.9 Å². The highest BCUT2D eigenvalue weighted by molar-refractivity contribution is 5.95. The second-order valence-electron chi connectivity index (χ2n) is 7.44. The zero-order valence-corrected chi connectivity index (χ0v) is 17.2. The highest BCUT2D eigenvalue weighted by Crippen LogP contribution is 2.27. The number of benzene rings is 2. The third-order valence-corrected chi connectivity index (χ3v) is 5.28. The topological polar surface area (TPSA) is 116 Å². The van der Waals surface area contributed by atoms with Crippen molar-refractivity contribution in [2.45, 2.75) is 13.0 Å². The largest absolute Gasteiger partial charge is 0.437 e. The van der Waals surface area contributed by atoms with Gasteiger partial charge < -0.3 is 19.6 Å². The summed E-state index contributed by atoms with van der Waals surface area (Å²) >= 11 is 0. The van der Waals surface area contributed by atoms with E-state index in [-0.39, 0.29) is 48.9 Å². The number of aromatic nitrogens is 2. The monoisotopic (exact) mass is 440 g/mol. The van der Waals surface area contributed by atoms with Crippen LogP contribution in [-0.4, -0.2) is 69.2 Å². The Morgan fingerprint density at radius 1 is 1.09 bits per heavy atom. The van der Waals surface area contributed by atoms with Gasteiger partial charge in [-0.2, -0.15) is 0 Å². The van der Waals surface area contributed by atoms with E-state index >= 15 is 0 Å². The number of hydrogen-bond donors (Lipinski definition) is 2. The minimum Gasteiger partial charge on any atom is -0.437 e. The number of aliphatic hydroxyl groups excluding tert-OH is 1. The third kappa shape index (κ3) is 4.17. The fourth-order valence-electron chi connectivity index (χ4n) is 3.58. The number of hydrogen-bond acceptors (Lipinski definition) is 6. The first-order chi connectivity index (χ1) is 15.3. The van der Waals surface area contributed by atoms with Crippen LogP contribution in [0.3, 0.4) is 0 Å². The third-order valence-electron chi connectivity index (χ3n) is 5.28. The Morgan fingerprint density at radius 2 is 1.75 bits per heavy atom. The van der Waals surface area contributed by atoms with Crippen molar-refractivity contribution in [1.29, 1.82) is 0 Å². The molecule has 0 bridgehead atoms. The van der Waals surface area contributed by atoms with Crippen molar-refractivity contribution < 1.29 is 23.8 Å². The minimum atomic E-state index is -1.11. The van der Waals surface area contributed by atoms with Gasteiger partial charge in [-0.25, -0.2) is 9.49 Å². The highest BCUT2D eigenvalue weighted by Gasteiger charge is 2.28.